The average molecular weight is 449 g/mol. The molecular formula is C21H21ClN2O5S. The van der Waals surface area contributed by atoms with Crippen LogP contribution < -0.4 is 10.9 Å². The number of carbonyl (C=O) groups excluding carboxylic acids is 1. The molecule has 3 rings (SSSR count). The van der Waals surface area contributed by atoms with Crippen molar-refractivity contribution in [3.05, 3.63) is 70.0 Å². The van der Waals surface area contributed by atoms with Crippen molar-refractivity contribution >= 4 is 44.2 Å². The monoisotopic (exact) mass is 448 g/mol. The zero-order chi connectivity index (χ0) is 21.9. The van der Waals surface area contributed by atoms with Gasteiger partial charge >= 0.3 is 5.63 Å². The van der Waals surface area contributed by atoms with Crippen LogP contribution in [-0.4, -0.2) is 31.2 Å². The Bertz CT molecular complexity index is 1240. The van der Waals surface area contributed by atoms with Gasteiger partial charge in [-0.1, -0.05) is 24.6 Å². The van der Waals surface area contributed by atoms with Crippen LogP contribution in [0, 0.1) is 0 Å². The molecule has 0 spiro atoms. The molecule has 0 aliphatic carbocycles. The number of hydrogen-bond donors (Lipinski definition) is 1. The molecule has 0 fully saturated rings. The van der Waals surface area contributed by atoms with Gasteiger partial charge < -0.3 is 9.73 Å². The van der Waals surface area contributed by atoms with E-state index in [0.717, 1.165) is 4.31 Å². The summed E-state index contributed by atoms with van der Waals surface area (Å²) in [6.07, 6.45) is 0.524. The molecule has 1 N–H and O–H groups in total. The second kappa shape index (κ2) is 8.99. The lowest BCUT2D eigenvalue weighted by Gasteiger charge is -2.27. The lowest BCUT2D eigenvalue weighted by atomic mass is 10.2. The van der Waals surface area contributed by atoms with Crippen molar-refractivity contribution in [3.8, 4) is 0 Å². The lowest BCUT2D eigenvalue weighted by Crippen LogP contribution is -2.45. The van der Waals surface area contributed by atoms with Crippen LogP contribution in [0.3, 0.4) is 0 Å². The summed E-state index contributed by atoms with van der Waals surface area (Å²) in [5.41, 5.74) is 0.251. The fraction of sp³-hybridized carbons (Fsp3) is 0.238. The summed E-state index contributed by atoms with van der Waals surface area (Å²) in [5, 5.41) is 3.64. The average Bonchev–Trinajstić information content (AvgIpc) is 2.70. The molecule has 3 aromatic rings. The third-order valence-electron chi connectivity index (χ3n) is 4.54. The summed E-state index contributed by atoms with van der Waals surface area (Å²) in [6, 6.07) is 12.6. The quantitative estimate of drug-likeness (QED) is 0.553. The van der Waals surface area contributed by atoms with Gasteiger partial charge in [0.05, 0.1) is 4.90 Å². The summed E-state index contributed by atoms with van der Waals surface area (Å²) in [5.74, 6) is -0.471. The minimum Gasteiger partial charge on any atom is -0.423 e. The first-order valence-corrected chi connectivity index (χ1v) is 11.2. The van der Waals surface area contributed by atoms with Crippen molar-refractivity contribution < 1.29 is 17.6 Å². The van der Waals surface area contributed by atoms with Crippen molar-refractivity contribution in [2.24, 2.45) is 0 Å². The van der Waals surface area contributed by atoms with Gasteiger partial charge in [-0.2, -0.15) is 4.31 Å². The molecule has 1 atom stereocenters. The predicted molar refractivity (Wildman–Crippen MR) is 116 cm³/mol. The summed E-state index contributed by atoms with van der Waals surface area (Å²) in [7, 11) is -3.98. The van der Waals surface area contributed by atoms with E-state index in [1.165, 1.54) is 37.3 Å². The van der Waals surface area contributed by atoms with Gasteiger partial charge in [-0.3, -0.25) is 4.79 Å². The Morgan fingerprint density at radius 2 is 1.93 bits per heavy atom. The first-order chi connectivity index (χ1) is 14.2. The molecule has 0 saturated carbocycles. The highest BCUT2D eigenvalue weighted by Crippen LogP contribution is 2.24. The molecule has 0 aliphatic rings. The highest BCUT2D eigenvalue weighted by Gasteiger charge is 2.32. The van der Waals surface area contributed by atoms with E-state index in [1.54, 1.807) is 24.3 Å². The number of benzene rings is 2. The third kappa shape index (κ3) is 4.72. The van der Waals surface area contributed by atoms with Crippen LogP contribution >= 0.6 is 11.6 Å². The molecule has 0 aliphatic heterocycles. The fourth-order valence-corrected chi connectivity index (χ4v) is 4.94. The zero-order valence-electron chi connectivity index (χ0n) is 16.5. The topological polar surface area (TPSA) is 96.7 Å². The first kappa shape index (κ1) is 22.0. The molecule has 0 bridgehead atoms. The van der Waals surface area contributed by atoms with Crippen molar-refractivity contribution in [2.75, 3.05) is 11.9 Å². The SMILES string of the molecule is CCCN([C@@H](C)C(=O)Nc1cccc(Cl)c1)S(=O)(=O)c1ccc2oc(=O)ccc2c1. The first-order valence-electron chi connectivity index (χ1n) is 9.34. The summed E-state index contributed by atoms with van der Waals surface area (Å²) in [4.78, 5) is 24.1. The van der Waals surface area contributed by atoms with Gasteiger partial charge in [-0.15, -0.1) is 0 Å². The Morgan fingerprint density at radius 1 is 1.17 bits per heavy atom. The minimum absolute atomic E-state index is 0.0136. The van der Waals surface area contributed by atoms with E-state index in [4.69, 9.17) is 16.0 Å². The van der Waals surface area contributed by atoms with Crippen LogP contribution in [0.4, 0.5) is 5.69 Å². The maximum absolute atomic E-state index is 13.3. The van der Waals surface area contributed by atoms with Gasteiger partial charge in [0.15, 0.2) is 0 Å². The fourth-order valence-electron chi connectivity index (χ4n) is 3.03. The van der Waals surface area contributed by atoms with Crippen LogP contribution in [0.5, 0.6) is 0 Å². The molecule has 0 unspecified atom stereocenters. The maximum Gasteiger partial charge on any atom is 0.336 e. The molecule has 1 aromatic heterocycles. The van der Waals surface area contributed by atoms with E-state index >= 15 is 0 Å². The van der Waals surface area contributed by atoms with E-state index in [1.807, 2.05) is 6.92 Å². The van der Waals surface area contributed by atoms with E-state index in [9.17, 15) is 18.0 Å². The van der Waals surface area contributed by atoms with E-state index in [2.05, 4.69) is 5.32 Å². The summed E-state index contributed by atoms with van der Waals surface area (Å²) < 4.78 is 32.9. The summed E-state index contributed by atoms with van der Waals surface area (Å²) >= 11 is 5.95. The van der Waals surface area contributed by atoms with Crippen molar-refractivity contribution in [1.29, 1.82) is 0 Å². The van der Waals surface area contributed by atoms with Crippen LogP contribution in [0.2, 0.25) is 5.02 Å². The van der Waals surface area contributed by atoms with Gasteiger partial charge in [-0.05, 0) is 55.8 Å². The van der Waals surface area contributed by atoms with E-state index in [-0.39, 0.29) is 17.0 Å². The van der Waals surface area contributed by atoms with Gasteiger partial charge in [-0.25, -0.2) is 13.2 Å². The number of amides is 1. The van der Waals surface area contributed by atoms with Gasteiger partial charge in [0.25, 0.3) is 0 Å². The smallest absolute Gasteiger partial charge is 0.336 e. The molecule has 158 valence electrons. The number of fused-ring (bicyclic) bond motifs is 1. The number of halogens is 1. The second-order valence-electron chi connectivity index (χ2n) is 6.75. The number of hydrogen-bond acceptors (Lipinski definition) is 5. The Labute approximate surface area is 179 Å². The van der Waals surface area contributed by atoms with Crippen LogP contribution in [0.1, 0.15) is 20.3 Å². The number of carbonyl (C=O) groups is 1. The molecule has 1 heterocycles. The Hall–Kier alpha value is -2.68. The van der Waals surface area contributed by atoms with Gasteiger partial charge in [0.1, 0.15) is 11.6 Å². The predicted octanol–water partition coefficient (Wildman–Crippen LogP) is 3.87. The summed E-state index contributed by atoms with van der Waals surface area (Å²) in [6.45, 7) is 3.53. The molecule has 1 amide bonds. The second-order valence-corrected chi connectivity index (χ2v) is 9.07. The van der Waals surface area contributed by atoms with Crippen LogP contribution in [0.25, 0.3) is 11.0 Å². The minimum atomic E-state index is -3.98. The third-order valence-corrected chi connectivity index (χ3v) is 6.75. The highest BCUT2D eigenvalue weighted by atomic mass is 35.5. The number of sulfonamides is 1. The molecule has 9 heteroatoms. The number of nitrogens with one attached hydrogen (secondary N) is 1. The lowest BCUT2D eigenvalue weighted by molar-refractivity contribution is -0.119. The number of anilines is 1. The zero-order valence-corrected chi connectivity index (χ0v) is 18.0. The number of rotatable bonds is 7. The normalized spacial score (nSPS) is 12.8. The van der Waals surface area contributed by atoms with E-state index < -0.39 is 27.6 Å². The molecule has 30 heavy (non-hydrogen) atoms. The Kier molecular flexibility index (Phi) is 6.60. The Balaban J connectivity index is 1.92. The highest BCUT2D eigenvalue weighted by molar-refractivity contribution is 7.89. The van der Waals surface area contributed by atoms with Crippen molar-refractivity contribution in [3.63, 3.8) is 0 Å². The standard InChI is InChI=1S/C21H21ClN2O5S/c1-3-11-24(14(2)21(26)23-17-6-4-5-16(22)13-17)30(27,28)18-8-9-19-15(12-18)7-10-20(25)29-19/h4-10,12-14H,3,11H2,1-2H3,(H,23,26)/t14-/m0/s1. The Morgan fingerprint density at radius 3 is 2.63 bits per heavy atom. The van der Waals surface area contributed by atoms with Gasteiger partial charge in [0, 0.05) is 28.7 Å². The van der Waals surface area contributed by atoms with Crippen molar-refractivity contribution in [1.82, 2.24) is 4.31 Å². The van der Waals surface area contributed by atoms with Crippen LogP contribution in [-0.2, 0) is 14.8 Å². The molecule has 2 aromatic carbocycles. The molecular weight excluding hydrogens is 428 g/mol. The molecule has 0 radical (unpaired) electrons. The number of nitrogens with zero attached hydrogens (tertiary/aromatic N) is 1. The largest absolute Gasteiger partial charge is 0.423 e. The maximum atomic E-state index is 13.3. The molecule has 0 saturated heterocycles. The molecule has 7 nitrogen and oxygen atoms in total. The van der Waals surface area contributed by atoms with Gasteiger partial charge in [0.2, 0.25) is 15.9 Å². The van der Waals surface area contributed by atoms with E-state index in [0.29, 0.717) is 22.5 Å². The van der Waals surface area contributed by atoms with Crippen LogP contribution in [0.15, 0.2) is 68.7 Å². The van der Waals surface area contributed by atoms with Crippen molar-refractivity contribution in [2.45, 2.75) is 31.2 Å².